The molecule has 0 spiro atoms. The fraction of sp³-hybridized carbons (Fsp3) is 0.889. The fourth-order valence-electron chi connectivity index (χ4n) is 0.689. The monoisotopic (exact) mass is 207 g/mol. The SMILES string of the molecule is CC(F)OCCNC(=O)OC(C)(C)C. The third-order valence-electron chi connectivity index (χ3n) is 1.12. The smallest absolute Gasteiger partial charge is 0.407 e. The van der Waals surface area contributed by atoms with E-state index in [9.17, 15) is 9.18 Å². The minimum Gasteiger partial charge on any atom is -0.444 e. The average Bonchev–Trinajstić information content (AvgIpc) is 1.94. The molecule has 0 radical (unpaired) electrons. The number of carbonyl (C=O) groups is 1. The normalized spacial score (nSPS) is 13.5. The van der Waals surface area contributed by atoms with Crippen LogP contribution in [0.3, 0.4) is 0 Å². The molecule has 0 bridgehead atoms. The highest BCUT2D eigenvalue weighted by Gasteiger charge is 2.15. The molecule has 0 aliphatic rings. The molecular weight excluding hydrogens is 189 g/mol. The van der Waals surface area contributed by atoms with E-state index in [0.717, 1.165) is 0 Å². The molecule has 1 N–H and O–H groups in total. The average molecular weight is 207 g/mol. The number of rotatable bonds is 4. The van der Waals surface area contributed by atoms with Crippen molar-refractivity contribution >= 4 is 6.09 Å². The van der Waals surface area contributed by atoms with Gasteiger partial charge in [0.15, 0.2) is 6.36 Å². The molecule has 84 valence electrons. The van der Waals surface area contributed by atoms with Crippen LogP contribution < -0.4 is 5.32 Å². The highest BCUT2D eigenvalue weighted by atomic mass is 19.1. The summed E-state index contributed by atoms with van der Waals surface area (Å²) in [6.07, 6.45) is -1.83. The molecule has 1 atom stereocenters. The maximum atomic E-state index is 12.1. The zero-order valence-corrected chi connectivity index (χ0v) is 9.09. The molecule has 0 heterocycles. The molecule has 0 aliphatic carbocycles. The van der Waals surface area contributed by atoms with E-state index < -0.39 is 18.1 Å². The Hall–Kier alpha value is -0.840. The Kier molecular flexibility index (Phi) is 5.45. The maximum Gasteiger partial charge on any atom is 0.407 e. The molecule has 0 saturated heterocycles. The van der Waals surface area contributed by atoms with Crippen LogP contribution in [0.1, 0.15) is 27.7 Å². The van der Waals surface area contributed by atoms with Gasteiger partial charge in [-0.05, 0) is 27.7 Å². The second-order valence-corrected chi connectivity index (χ2v) is 3.84. The Bertz CT molecular complexity index is 177. The van der Waals surface area contributed by atoms with Crippen molar-refractivity contribution in [1.82, 2.24) is 5.32 Å². The van der Waals surface area contributed by atoms with Gasteiger partial charge in [0, 0.05) is 6.54 Å². The van der Waals surface area contributed by atoms with Gasteiger partial charge in [-0.15, -0.1) is 0 Å². The number of halogens is 1. The van der Waals surface area contributed by atoms with Gasteiger partial charge >= 0.3 is 6.09 Å². The van der Waals surface area contributed by atoms with E-state index in [2.05, 4.69) is 10.1 Å². The lowest BCUT2D eigenvalue weighted by Crippen LogP contribution is -2.34. The summed E-state index contributed by atoms with van der Waals surface area (Å²) in [5.41, 5.74) is -0.516. The van der Waals surface area contributed by atoms with Gasteiger partial charge in [0.1, 0.15) is 5.60 Å². The van der Waals surface area contributed by atoms with Crippen LogP contribution in [0, 0.1) is 0 Å². The van der Waals surface area contributed by atoms with Gasteiger partial charge < -0.3 is 14.8 Å². The molecule has 0 rings (SSSR count). The van der Waals surface area contributed by atoms with Crippen LogP contribution in [0.4, 0.5) is 9.18 Å². The van der Waals surface area contributed by atoms with E-state index in [0.29, 0.717) is 0 Å². The quantitative estimate of drug-likeness (QED) is 0.715. The first-order chi connectivity index (χ1) is 6.31. The highest BCUT2D eigenvalue weighted by molar-refractivity contribution is 5.67. The number of hydrogen-bond donors (Lipinski definition) is 1. The number of hydrogen-bond acceptors (Lipinski definition) is 3. The summed E-state index contributed by atoms with van der Waals surface area (Å²) in [6.45, 7) is 6.97. The van der Waals surface area contributed by atoms with Crippen LogP contribution in [0.5, 0.6) is 0 Å². The van der Waals surface area contributed by atoms with E-state index >= 15 is 0 Å². The van der Waals surface area contributed by atoms with Crippen LogP contribution in [-0.2, 0) is 9.47 Å². The first kappa shape index (κ1) is 13.2. The summed E-state index contributed by atoms with van der Waals surface area (Å²) in [5.74, 6) is 0. The molecule has 4 nitrogen and oxygen atoms in total. The maximum absolute atomic E-state index is 12.1. The van der Waals surface area contributed by atoms with Crippen LogP contribution in [-0.4, -0.2) is 31.2 Å². The van der Waals surface area contributed by atoms with Gasteiger partial charge in [0.25, 0.3) is 0 Å². The second-order valence-electron chi connectivity index (χ2n) is 3.84. The summed E-state index contributed by atoms with van der Waals surface area (Å²) in [4.78, 5) is 11.0. The number of carbonyl (C=O) groups excluding carboxylic acids is 1. The van der Waals surface area contributed by atoms with Crippen molar-refractivity contribution in [3.63, 3.8) is 0 Å². The third-order valence-corrected chi connectivity index (χ3v) is 1.12. The van der Waals surface area contributed by atoms with Crippen molar-refractivity contribution in [1.29, 1.82) is 0 Å². The van der Waals surface area contributed by atoms with E-state index in [1.54, 1.807) is 20.8 Å². The van der Waals surface area contributed by atoms with Crippen LogP contribution in [0.25, 0.3) is 0 Å². The minimum atomic E-state index is -1.31. The fourth-order valence-corrected chi connectivity index (χ4v) is 0.689. The van der Waals surface area contributed by atoms with Gasteiger partial charge in [-0.25, -0.2) is 9.18 Å². The molecule has 0 aromatic rings. The Morgan fingerprint density at radius 3 is 2.50 bits per heavy atom. The minimum absolute atomic E-state index is 0.136. The summed E-state index contributed by atoms with van der Waals surface area (Å²) in [7, 11) is 0. The molecule has 1 unspecified atom stereocenters. The van der Waals surface area contributed by atoms with Crippen molar-refractivity contribution in [2.45, 2.75) is 39.7 Å². The summed E-state index contributed by atoms with van der Waals surface area (Å²) in [5, 5.41) is 2.44. The van der Waals surface area contributed by atoms with Crippen molar-refractivity contribution in [2.75, 3.05) is 13.2 Å². The van der Waals surface area contributed by atoms with Crippen molar-refractivity contribution in [2.24, 2.45) is 0 Å². The Morgan fingerprint density at radius 2 is 2.07 bits per heavy atom. The number of amides is 1. The van der Waals surface area contributed by atoms with Gasteiger partial charge in [0.2, 0.25) is 0 Å². The Labute approximate surface area is 83.8 Å². The van der Waals surface area contributed by atoms with E-state index in [4.69, 9.17) is 4.74 Å². The number of ether oxygens (including phenoxy) is 2. The molecule has 0 fully saturated rings. The van der Waals surface area contributed by atoms with Crippen molar-refractivity contribution in [3.8, 4) is 0 Å². The molecule has 1 amide bonds. The lowest BCUT2D eigenvalue weighted by atomic mass is 10.2. The predicted octanol–water partition coefficient (Wildman–Crippen LogP) is 1.84. The van der Waals surface area contributed by atoms with Crippen LogP contribution in [0.2, 0.25) is 0 Å². The number of alkyl carbamates (subject to hydrolysis) is 1. The number of nitrogens with one attached hydrogen (secondary N) is 1. The van der Waals surface area contributed by atoms with Gasteiger partial charge in [-0.2, -0.15) is 0 Å². The second kappa shape index (κ2) is 5.80. The molecule has 0 aromatic carbocycles. The van der Waals surface area contributed by atoms with Gasteiger partial charge in [-0.3, -0.25) is 0 Å². The van der Waals surface area contributed by atoms with Gasteiger partial charge in [-0.1, -0.05) is 0 Å². The molecule has 14 heavy (non-hydrogen) atoms. The van der Waals surface area contributed by atoms with E-state index in [-0.39, 0.29) is 13.2 Å². The molecule has 0 aliphatic heterocycles. The highest BCUT2D eigenvalue weighted by Crippen LogP contribution is 2.06. The van der Waals surface area contributed by atoms with E-state index in [1.165, 1.54) is 6.92 Å². The lowest BCUT2D eigenvalue weighted by molar-refractivity contribution is -0.0235. The Balaban J connectivity index is 3.46. The summed E-state index contributed by atoms with van der Waals surface area (Å²) < 4.78 is 21.7. The molecule has 5 heteroatoms. The lowest BCUT2D eigenvalue weighted by Gasteiger charge is -2.19. The zero-order valence-electron chi connectivity index (χ0n) is 9.09. The van der Waals surface area contributed by atoms with Crippen LogP contribution in [0.15, 0.2) is 0 Å². The zero-order chi connectivity index (χ0) is 11.2. The summed E-state index contributed by atoms with van der Waals surface area (Å²) >= 11 is 0. The topological polar surface area (TPSA) is 47.6 Å². The van der Waals surface area contributed by atoms with Gasteiger partial charge in [0.05, 0.1) is 6.61 Å². The first-order valence-electron chi connectivity index (χ1n) is 4.54. The van der Waals surface area contributed by atoms with E-state index in [1.807, 2.05) is 0 Å². The van der Waals surface area contributed by atoms with Crippen molar-refractivity contribution in [3.05, 3.63) is 0 Å². The standard InChI is InChI=1S/C9H18FNO3/c1-7(10)13-6-5-11-8(12)14-9(2,3)4/h7H,5-6H2,1-4H3,(H,11,12). The van der Waals surface area contributed by atoms with Crippen molar-refractivity contribution < 1.29 is 18.7 Å². The Morgan fingerprint density at radius 1 is 1.50 bits per heavy atom. The summed E-state index contributed by atoms with van der Waals surface area (Å²) in [6, 6.07) is 0. The number of alkyl halides is 1. The largest absolute Gasteiger partial charge is 0.444 e. The molecule has 0 aromatic heterocycles. The predicted molar refractivity (Wildman–Crippen MR) is 50.8 cm³/mol. The molecule has 0 saturated carbocycles. The van der Waals surface area contributed by atoms with Crippen LogP contribution >= 0.6 is 0 Å². The third kappa shape index (κ3) is 9.25. The first-order valence-corrected chi connectivity index (χ1v) is 4.54. The molecular formula is C9H18FNO3.